The minimum Gasteiger partial charge on any atom is -0.478 e. The average Bonchev–Trinajstić information content (AvgIpc) is 2.13. The molecule has 0 saturated carbocycles. The van der Waals surface area contributed by atoms with Crippen LogP contribution in [-0.2, 0) is 0 Å². The molecule has 0 fully saturated rings. The van der Waals surface area contributed by atoms with Crippen LogP contribution in [0, 0.1) is 0 Å². The number of aromatic carboxylic acids is 1. The second kappa shape index (κ2) is 5.48. The van der Waals surface area contributed by atoms with Gasteiger partial charge in [0.05, 0.1) is 5.56 Å². The maximum atomic E-state index is 10.5. The number of rotatable bonds is 1. The van der Waals surface area contributed by atoms with Crippen molar-refractivity contribution in [3.05, 3.63) is 23.8 Å². The molecule has 3 N–H and O–H groups in total. The van der Waals surface area contributed by atoms with E-state index in [4.69, 9.17) is 10.8 Å². The van der Waals surface area contributed by atoms with Crippen LogP contribution in [0.4, 0.5) is 5.69 Å². The first kappa shape index (κ1) is 11.8. The Kier molecular flexibility index (Phi) is 4.99. The molecule has 0 unspecified atom stereocenters. The van der Waals surface area contributed by atoms with E-state index < -0.39 is 5.97 Å². The minimum absolute atomic E-state index is 0.133. The molecule has 0 bridgehead atoms. The number of carboxylic acid groups (broad SMARTS) is 1. The maximum absolute atomic E-state index is 10.5. The lowest BCUT2D eigenvalue weighted by molar-refractivity contribution is 0.0693. The first-order chi connectivity index (χ1) is 6.13. The number of nitrogen functional groups attached to an aromatic ring is 1. The Morgan fingerprint density at radius 1 is 1.46 bits per heavy atom. The molecule has 3 nitrogen and oxygen atoms in total. The van der Waals surface area contributed by atoms with Crippen molar-refractivity contribution in [2.24, 2.45) is 0 Å². The molecule has 1 rings (SSSR count). The van der Waals surface area contributed by atoms with Crippen LogP contribution in [0.3, 0.4) is 0 Å². The van der Waals surface area contributed by atoms with Gasteiger partial charge in [0.25, 0.3) is 0 Å². The molecule has 4 heteroatoms. The quantitative estimate of drug-likeness (QED) is 0.480. The molecule has 13 heavy (non-hydrogen) atoms. The van der Waals surface area contributed by atoms with E-state index in [2.05, 4.69) is 12.6 Å². The molecular formula is C9H13NO2S. The SMILES string of the molecule is CC.Nc1cccc(C(=O)O)c1S. The van der Waals surface area contributed by atoms with E-state index in [1.165, 1.54) is 6.07 Å². The molecule has 0 spiro atoms. The van der Waals surface area contributed by atoms with Gasteiger partial charge >= 0.3 is 5.97 Å². The van der Waals surface area contributed by atoms with Gasteiger partial charge in [0, 0.05) is 10.6 Å². The second-order valence-electron chi connectivity index (χ2n) is 2.05. The number of carbonyl (C=O) groups is 1. The Labute approximate surface area is 83.0 Å². The van der Waals surface area contributed by atoms with Gasteiger partial charge in [-0.2, -0.15) is 0 Å². The van der Waals surface area contributed by atoms with Crippen molar-refractivity contribution in [3.63, 3.8) is 0 Å². The molecule has 0 radical (unpaired) electrons. The monoisotopic (exact) mass is 199 g/mol. The van der Waals surface area contributed by atoms with Gasteiger partial charge in [-0.1, -0.05) is 19.9 Å². The van der Waals surface area contributed by atoms with Gasteiger partial charge < -0.3 is 10.8 Å². The summed E-state index contributed by atoms with van der Waals surface area (Å²) in [7, 11) is 0. The summed E-state index contributed by atoms with van der Waals surface area (Å²) in [5.41, 5.74) is 5.93. The van der Waals surface area contributed by atoms with E-state index in [0.717, 1.165) is 0 Å². The molecule has 0 heterocycles. The Morgan fingerprint density at radius 3 is 2.38 bits per heavy atom. The van der Waals surface area contributed by atoms with Gasteiger partial charge in [0.2, 0.25) is 0 Å². The number of carboxylic acids is 1. The summed E-state index contributed by atoms with van der Waals surface area (Å²) in [6.45, 7) is 4.00. The fourth-order valence-electron chi connectivity index (χ4n) is 0.734. The smallest absolute Gasteiger partial charge is 0.336 e. The van der Waals surface area contributed by atoms with Gasteiger partial charge in [-0.05, 0) is 12.1 Å². The van der Waals surface area contributed by atoms with Crippen molar-refractivity contribution >= 4 is 24.3 Å². The lowest BCUT2D eigenvalue weighted by Crippen LogP contribution is -1.99. The van der Waals surface area contributed by atoms with E-state index in [1.54, 1.807) is 12.1 Å². The fraction of sp³-hybridized carbons (Fsp3) is 0.222. The highest BCUT2D eigenvalue weighted by atomic mass is 32.1. The highest BCUT2D eigenvalue weighted by Crippen LogP contribution is 2.20. The lowest BCUT2D eigenvalue weighted by atomic mass is 10.2. The van der Waals surface area contributed by atoms with Crippen molar-refractivity contribution in [2.75, 3.05) is 5.73 Å². The third kappa shape index (κ3) is 2.99. The van der Waals surface area contributed by atoms with Crippen molar-refractivity contribution < 1.29 is 9.90 Å². The summed E-state index contributed by atoms with van der Waals surface area (Å²) in [6, 6.07) is 4.65. The Balaban J connectivity index is 0.000000671. The third-order valence-electron chi connectivity index (χ3n) is 1.30. The number of nitrogens with two attached hydrogens (primary N) is 1. The Morgan fingerprint density at radius 2 is 2.00 bits per heavy atom. The van der Waals surface area contributed by atoms with E-state index in [1.807, 2.05) is 13.8 Å². The molecule has 0 amide bonds. The van der Waals surface area contributed by atoms with Crippen LogP contribution in [0.1, 0.15) is 24.2 Å². The standard InChI is InChI=1S/C7H7NO2S.C2H6/c8-5-3-1-2-4(6(5)11)7(9)10;1-2/h1-3,11H,8H2,(H,9,10);1-2H3. The molecule has 0 aliphatic rings. The van der Waals surface area contributed by atoms with E-state index in [9.17, 15) is 4.79 Å². The van der Waals surface area contributed by atoms with Gasteiger partial charge in [-0.15, -0.1) is 12.6 Å². The first-order valence-corrected chi connectivity index (χ1v) is 4.38. The summed E-state index contributed by atoms with van der Waals surface area (Å²) < 4.78 is 0. The Hall–Kier alpha value is -1.16. The second-order valence-corrected chi connectivity index (χ2v) is 2.50. The van der Waals surface area contributed by atoms with E-state index in [-0.39, 0.29) is 5.56 Å². The van der Waals surface area contributed by atoms with Gasteiger partial charge in [-0.3, -0.25) is 0 Å². The number of thiol groups is 1. The summed E-state index contributed by atoms with van der Waals surface area (Å²) in [4.78, 5) is 10.8. The molecule has 0 atom stereocenters. The van der Waals surface area contributed by atoms with Crippen molar-refractivity contribution in [1.29, 1.82) is 0 Å². The number of hydrogen-bond acceptors (Lipinski definition) is 3. The zero-order chi connectivity index (χ0) is 10.4. The summed E-state index contributed by atoms with van der Waals surface area (Å²) in [6.07, 6.45) is 0. The highest BCUT2D eigenvalue weighted by Gasteiger charge is 2.07. The van der Waals surface area contributed by atoms with Crippen molar-refractivity contribution in [2.45, 2.75) is 18.7 Å². The first-order valence-electron chi connectivity index (χ1n) is 3.93. The highest BCUT2D eigenvalue weighted by molar-refractivity contribution is 7.80. The van der Waals surface area contributed by atoms with Crippen LogP contribution in [0.5, 0.6) is 0 Å². The molecule has 0 aromatic heterocycles. The molecule has 0 aliphatic carbocycles. The van der Waals surface area contributed by atoms with Crippen molar-refractivity contribution in [3.8, 4) is 0 Å². The van der Waals surface area contributed by atoms with Crippen LogP contribution >= 0.6 is 12.6 Å². The average molecular weight is 199 g/mol. The zero-order valence-electron chi connectivity index (χ0n) is 7.61. The number of hydrogen-bond donors (Lipinski definition) is 3. The molecule has 1 aromatic rings. The molecule has 0 aliphatic heterocycles. The van der Waals surface area contributed by atoms with Gasteiger partial charge in [-0.25, -0.2) is 4.79 Å². The van der Waals surface area contributed by atoms with Crippen molar-refractivity contribution in [1.82, 2.24) is 0 Å². The maximum Gasteiger partial charge on any atom is 0.336 e. The Bertz CT molecular complexity index is 300. The van der Waals surface area contributed by atoms with Gasteiger partial charge in [0.15, 0.2) is 0 Å². The summed E-state index contributed by atoms with van der Waals surface area (Å²) >= 11 is 3.94. The molecule has 0 saturated heterocycles. The van der Waals surface area contributed by atoms with E-state index in [0.29, 0.717) is 10.6 Å². The lowest BCUT2D eigenvalue weighted by Gasteiger charge is -2.01. The van der Waals surface area contributed by atoms with Crippen LogP contribution in [0.25, 0.3) is 0 Å². The predicted molar refractivity (Wildman–Crippen MR) is 56.4 cm³/mol. The minimum atomic E-state index is -1.01. The predicted octanol–water partition coefficient (Wildman–Crippen LogP) is 2.28. The number of anilines is 1. The summed E-state index contributed by atoms with van der Waals surface area (Å²) in [5.74, 6) is -1.01. The number of benzene rings is 1. The van der Waals surface area contributed by atoms with E-state index >= 15 is 0 Å². The van der Waals surface area contributed by atoms with Gasteiger partial charge in [0.1, 0.15) is 0 Å². The normalized spacial score (nSPS) is 8.54. The molecule has 1 aromatic carbocycles. The fourth-order valence-corrected chi connectivity index (χ4v) is 0.979. The van der Waals surface area contributed by atoms with Crippen LogP contribution in [0.2, 0.25) is 0 Å². The molecule has 72 valence electrons. The third-order valence-corrected chi connectivity index (χ3v) is 1.80. The topological polar surface area (TPSA) is 63.3 Å². The zero-order valence-corrected chi connectivity index (χ0v) is 8.51. The van der Waals surface area contributed by atoms with Crippen LogP contribution < -0.4 is 5.73 Å². The molecular weight excluding hydrogens is 186 g/mol. The summed E-state index contributed by atoms with van der Waals surface area (Å²) in [5, 5.41) is 8.59. The van der Waals surface area contributed by atoms with Crippen LogP contribution in [-0.4, -0.2) is 11.1 Å². The van der Waals surface area contributed by atoms with Crippen LogP contribution in [0.15, 0.2) is 23.1 Å². The largest absolute Gasteiger partial charge is 0.478 e.